The van der Waals surface area contributed by atoms with Crippen molar-refractivity contribution in [3.63, 3.8) is 0 Å². The number of nitrogens with zero attached hydrogens (tertiary/aromatic N) is 3. The lowest BCUT2D eigenvalue weighted by molar-refractivity contribution is -0.121. The first-order valence-electron chi connectivity index (χ1n) is 10.8. The van der Waals surface area contributed by atoms with Crippen molar-refractivity contribution in [1.82, 2.24) is 4.98 Å². The van der Waals surface area contributed by atoms with Gasteiger partial charge >= 0.3 is 0 Å². The number of aryl methyl sites for hydroxylation is 2. The van der Waals surface area contributed by atoms with Crippen molar-refractivity contribution in [2.75, 3.05) is 16.3 Å². The number of para-hydroxylation sites is 1. The molecule has 0 bridgehead atoms. The quantitative estimate of drug-likeness (QED) is 0.432. The second kappa shape index (κ2) is 6.83. The van der Waals surface area contributed by atoms with Crippen LogP contribution in [0.1, 0.15) is 39.2 Å². The minimum absolute atomic E-state index is 0.0282. The van der Waals surface area contributed by atoms with Crippen LogP contribution < -0.4 is 15.2 Å². The highest BCUT2D eigenvalue weighted by Gasteiger charge is 2.66. The minimum Gasteiger partial charge on any atom is -0.450 e. The number of halogens is 1. The van der Waals surface area contributed by atoms with Gasteiger partial charge in [0.2, 0.25) is 5.76 Å². The highest BCUT2D eigenvalue weighted by Crippen LogP contribution is 2.54. The first kappa shape index (κ1) is 20.7. The zero-order chi connectivity index (χ0) is 23.9. The zero-order valence-electron chi connectivity index (χ0n) is 18.5. The van der Waals surface area contributed by atoms with Crippen molar-refractivity contribution < 1.29 is 18.4 Å². The molecule has 2 amide bonds. The lowest BCUT2D eigenvalue weighted by Crippen LogP contribution is -2.53. The Morgan fingerprint density at radius 1 is 1.12 bits per heavy atom. The molecule has 170 valence electrons. The molecule has 0 N–H and O–H groups in total. The van der Waals surface area contributed by atoms with E-state index in [0.717, 1.165) is 22.7 Å². The molecule has 4 aromatic rings. The highest BCUT2D eigenvalue weighted by atomic mass is 32.1. The van der Waals surface area contributed by atoms with E-state index >= 15 is 0 Å². The number of aromatic nitrogens is 1. The Hall–Kier alpha value is -3.85. The molecular formula is C25H18FN3O4S. The standard InChI is InChI=1S/C25H18FN3O4S/c1-4-28-17-8-6-5-7-16(17)25(23(28)32)19-20(30)15-11-14(26)9-10-18(15)33-21(19)22(31)29(25)24-27-12(2)13(3)34-24/h5-11H,4H2,1-3H3. The predicted molar refractivity (Wildman–Crippen MR) is 126 cm³/mol. The van der Waals surface area contributed by atoms with Crippen molar-refractivity contribution in [2.24, 2.45) is 0 Å². The molecule has 9 heteroatoms. The first-order valence-corrected chi connectivity index (χ1v) is 11.6. The second-order valence-corrected chi connectivity index (χ2v) is 9.51. The van der Waals surface area contributed by atoms with Gasteiger partial charge in [0.1, 0.15) is 11.4 Å². The largest absolute Gasteiger partial charge is 0.450 e. The molecule has 1 unspecified atom stereocenters. The van der Waals surface area contributed by atoms with Gasteiger partial charge in [0.05, 0.1) is 22.3 Å². The van der Waals surface area contributed by atoms with Crippen molar-refractivity contribution >= 4 is 44.9 Å². The Morgan fingerprint density at radius 3 is 2.59 bits per heavy atom. The maximum atomic E-state index is 14.2. The average Bonchev–Trinajstić information content (AvgIpc) is 3.38. The molecule has 4 heterocycles. The third-order valence-electron chi connectivity index (χ3n) is 6.61. The minimum atomic E-state index is -1.79. The number of rotatable bonds is 2. The molecule has 0 saturated carbocycles. The van der Waals surface area contributed by atoms with Crippen molar-refractivity contribution in [1.29, 1.82) is 0 Å². The SMILES string of the molecule is CCN1C(=O)C2(c3ccccc31)c1c(oc3ccc(F)cc3c1=O)C(=O)N2c1nc(C)c(C)s1. The van der Waals surface area contributed by atoms with Crippen LogP contribution in [-0.4, -0.2) is 23.3 Å². The number of likely N-dealkylation sites (N-methyl/N-ethyl adjacent to an activating group) is 1. The molecule has 0 fully saturated rings. The van der Waals surface area contributed by atoms with Gasteiger partial charge < -0.3 is 9.32 Å². The van der Waals surface area contributed by atoms with Gasteiger partial charge in [0.15, 0.2) is 16.1 Å². The van der Waals surface area contributed by atoms with Gasteiger partial charge in [-0.3, -0.25) is 19.3 Å². The summed E-state index contributed by atoms with van der Waals surface area (Å²) >= 11 is 1.26. The summed E-state index contributed by atoms with van der Waals surface area (Å²) in [6.07, 6.45) is 0. The fourth-order valence-corrected chi connectivity index (χ4v) is 5.96. The molecule has 2 aromatic carbocycles. The Morgan fingerprint density at radius 2 is 1.88 bits per heavy atom. The van der Waals surface area contributed by atoms with Crippen LogP contribution in [0.15, 0.2) is 51.7 Å². The third kappa shape index (κ3) is 2.34. The Labute approximate surface area is 197 Å². The fraction of sp³-hybridized carbons (Fsp3) is 0.200. The molecule has 0 aliphatic carbocycles. The van der Waals surface area contributed by atoms with Crippen LogP contribution in [0.5, 0.6) is 0 Å². The average molecular weight is 476 g/mol. The molecule has 6 rings (SSSR count). The van der Waals surface area contributed by atoms with E-state index in [0.29, 0.717) is 22.9 Å². The van der Waals surface area contributed by atoms with Crippen LogP contribution in [0.25, 0.3) is 11.0 Å². The van der Waals surface area contributed by atoms with E-state index in [1.54, 1.807) is 29.2 Å². The summed E-state index contributed by atoms with van der Waals surface area (Å²) in [5, 5.41) is 0.265. The third-order valence-corrected chi connectivity index (χ3v) is 7.67. The van der Waals surface area contributed by atoms with Crippen molar-refractivity contribution in [2.45, 2.75) is 26.3 Å². The van der Waals surface area contributed by atoms with Gasteiger partial charge in [0, 0.05) is 17.0 Å². The Bertz CT molecular complexity index is 1600. The molecule has 1 spiro atoms. The lowest BCUT2D eigenvalue weighted by atomic mass is 9.84. The number of fused-ring (bicyclic) bond motifs is 5. The summed E-state index contributed by atoms with van der Waals surface area (Å²) in [4.78, 5) is 50.3. The summed E-state index contributed by atoms with van der Waals surface area (Å²) in [6, 6.07) is 10.6. The molecule has 7 nitrogen and oxygen atoms in total. The molecule has 2 aliphatic rings. The van der Waals surface area contributed by atoms with E-state index in [-0.39, 0.29) is 22.3 Å². The number of carbonyl (C=O) groups is 2. The van der Waals surface area contributed by atoms with E-state index in [9.17, 15) is 18.8 Å². The molecule has 1 atom stereocenters. The first-order chi connectivity index (χ1) is 16.3. The summed E-state index contributed by atoms with van der Waals surface area (Å²) in [7, 11) is 0. The monoisotopic (exact) mass is 475 g/mol. The van der Waals surface area contributed by atoms with Gasteiger partial charge in [-0.1, -0.05) is 18.2 Å². The number of hydrogen-bond acceptors (Lipinski definition) is 6. The number of carbonyl (C=O) groups excluding carboxylic acids is 2. The second-order valence-electron chi connectivity index (χ2n) is 8.33. The van der Waals surface area contributed by atoms with Gasteiger partial charge in [-0.05, 0) is 45.0 Å². The van der Waals surface area contributed by atoms with E-state index in [4.69, 9.17) is 4.42 Å². The van der Waals surface area contributed by atoms with Crippen LogP contribution in [0.2, 0.25) is 0 Å². The smallest absolute Gasteiger partial charge is 0.297 e. The van der Waals surface area contributed by atoms with E-state index in [2.05, 4.69) is 4.98 Å². The van der Waals surface area contributed by atoms with Crippen LogP contribution in [0.3, 0.4) is 0 Å². The molecule has 2 aliphatic heterocycles. The van der Waals surface area contributed by atoms with Gasteiger partial charge in [-0.25, -0.2) is 9.37 Å². The molecule has 0 radical (unpaired) electrons. The van der Waals surface area contributed by atoms with Crippen LogP contribution in [0.4, 0.5) is 15.2 Å². The maximum absolute atomic E-state index is 14.2. The summed E-state index contributed by atoms with van der Waals surface area (Å²) in [5.41, 5.74) is -0.625. The predicted octanol–water partition coefficient (Wildman–Crippen LogP) is 4.28. The number of anilines is 2. The lowest BCUT2D eigenvalue weighted by Gasteiger charge is -2.32. The highest BCUT2D eigenvalue weighted by molar-refractivity contribution is 7.16. The molecule has 0 saturated heterocycles. The normalized spacial score (nSPS) is 18.9. The fourth-order valence-electron chi connectivity index (χ4n) is 5.00. The number of amides is 2. The molecular weight excluding hydrogens is 457 g/mol. The zero-order valence-corrected chi connectivity index (χ0v) is 19.3. The van der Waals surface area contributed by atoms with E-state index in [1.807, 2.05) is 20.8 Å². The van der Waals surface area contributed by atoms with Crippen LogP contribution in [0, 0.1) is 19.7 Å². The van der Waals surface area contributed by atoms with Crippen LogP contribution >= 0.6 is 11.3 Å². The van der Waals surface area contributed by atoms with Crippen LogP contribution in [-0.2, 0) is 10.3 Å². The Kier molecular flexibility index (Phi) is 4.17. The number of benzene rings is 2. The van der Waals surface area contributed by atoms with E-state index < -0.39 is 28.6 Å². The summed E-state index contributed by atoms with van der Waals surface area (Å²) in [6.45, 7) is 5.85. The van der Waals surface area contributed by atoms with E-state index in [1.165, 1.54) is 22.3 Å². The number of thiazole rings is 1. The summed E-state index contributed by atoms with van der Waals surface area (Å²) < 4.78 is 20.0. The van der Waals surface area contributed by atoms with Gasteiger partial charge in [0.25, 0.3) is 11.8 Å². The van der Waals surface area contributed by atoms with Crippen molar-refractivity contribution in [3.05, 3.63) is 86.0 Å². The molecule has 2 aromatic heterocycles. The molecule has 34 heavy (non-hydrogen) atoms. The van der Waals surface area contributed by atoms with Gasteiger partial charge in [-0.15, -0.1) is 11.3 Å². The number of hydrogen-bond donors (Lipinski definition) is 0. The van der Waals surface area contributed by atoms with Gasteiger partial charge in [-0.2, -0.15) is 0 Å². The van der Waals surface area contributed by atoms with Crippen molar-refractivity contribution in [3.8, 4) is 0 Å². The summed E-state index contributed by atoms with van der Waals surface area (Å²) in [5.74, 6) is -1.92. The topological polar surface area (TPSA) is 83.7 Å². The maximum Gasteiger partial charge on any atom is 0.297 e. The Balaban J connectivity index is 1.80.